The molecule has 4 aromatic rings. The maximum Gasteiger partial charge on any atom is 0.262 e. The summed E-state index contributed by atoms with van der Waals surface area (Å²) in [5.74, 6) is -0.0830. The lowest BCUT2D eigenvalue weighted by Gasteiger charge is -2.29. The summed E-state index contributed by atoms with van der Waals surface area (Å²) in [5.41, 5.74) is 3.39. The number of anilines is 1. The van der Waals surface area contributed by atoms with Crippen LogP contribution in [-0.2, 0) is 27.8 Å². The molecule has 11 heteroatoms. The van der Waals surface area contributed by atoms with Gasteiger partial charge in [0.2, 0.25) is 15.9 Å². The van der Waals surface area contributed by atoms with E-state index in [0.717, 1.165) is 42.7 Å². The van der Waals surface area contributed by atoms with E-state index in [4.69, 9.17) is 10.1 Å². The predicted octanol–water partition coefficient (Wildman–Crippen LogP) is 3.53. The highest BCUT2D eigenvalue weighted by Crippen LogP contribution is 2.25. The molecule has 5 rings (SSSR count). The van der Waals surface area contributed by atoms with Gasteiger partial charge < -0.3 is 10.2 Å². The molecule has 0 unspecified atom stereocenters. The molecule has 0 aliphatic carbocycles. The average molecular weight is 592 g/mol. The van der Waals surface area contributed by atoms with Crippen LogP contribution in [-0.4, -0.2) is 49.3 Å². The van der Waals surface area contributed by atoms with E-state index >= 15 is 0 Å². The number of amides is 1. The average Bonchev–Trinajstić information content (AvgIpc) is 2.98. The molecule has 3 aromatic carbocycles. The summed E-state index contributed by atoms with van der Waals surface area (Å²) >= 11 is 1.24. The van der Waals surface area contributed by atoms with Gasteiger partial charge in [0, 0.05) is 25.3 Å². The van der Waals surface area contributed by atoms with E-state index in [1.165, 1.54) is 30.3 Å². The van der Waals surface area contributed by atoms with Crippen molar-refractivity contribution in [2.24, 2.45) is 5.14 Å². The first-order valence-electron chi connectivity index (χ1n) is 13.6. The van der Waals surface area contributed by atoms with E-state index in [1.54, 1.807) is 16.7 Å². The van der Waals surface area contributed by atoms with E-state index in [2.05, 4.69) is 10.2 Å². The first-order valence-corrected chi connectivity index (χ1v) is 16.2. The number of hydrogen-bond acceptors (Lipinski definition) is 7. The van der Waals surface area contributed by atoms with Crippen LogP contribution < -0.4 is 20.9 Å². The summed E-state index contributed by atoms with van der Waals surface area (Å²) in [6.45, 7) is 2.71. The fourth-order valence-corrected chi connectivity index (χ4v) is 6.27. The fraction of sp³-hybridized carbons (Fsp3) is 0.300. The summed E-state index contributed by atoms with van der Waals surface area (Å²) in [6, 6.07) is 21.9. The fourth-order valence-electron chi connectivity index (χ4n) is 4.93. The molecule has 1 aliphatic heterocycles. The van der Waals surface area contributed by atoms with E-state index in [0.29, 0.717) is 35.6 Å². The van der Waals surface area contributed by atoms with Gasteiger partial charge in [-0.15, -0.1) is 0 Å². The second kappa shape index (κ2) is 12.9. The number of rotatable bonds is 10. The molecule has 0 atom stereocenters. The van der Waals surface area contributed by atoms with Crippen LogP contribution in [0.15, 0.2) is 87.6 Å². The lowest BCUT2D eigenvalue weighted by molar-refractivity contribution is -0.118. The Kier molecular flexibility index (Phi) is 9.06. The SMILES string of the molecule is NS(=O)(=O)c1ccc(CCNC(=O)CSc2nc3ccc(N4CCCCC4)cc3c(=O)n2Cc2ccccc2)cc1. The largest absolute Gasteiger partial charge is 0.372 e. The molecule has 41 heavy (non-hydrogen) atoms. The third kappa shape index (κ3) is 7.35. The van der Waals surface area contributed by atoms with Crippen molar-refractivity contribution in [3.8, 4) is 0 Å². The van der Waals surface area contributed by atoms with Gasteiger partial charge in [-0.2, -0.15) is 0 Å². The first-order chi connectivity index (χ1) is 19.8. The maximum absolute atomic E-state index is 13.8. The number of carbonyl (C=O) groups excluding carboxylic acids is 1. The van der Waals surface area contributed by atoms with Crippen molar-refractivity contribution < 1.29 is 13.2 Å². The normalized spacial score (nSPS) is 13.8. The molecule has 1 aliphatic rings. The zero-order valence-corrected chi connectivity index (χ0v) is 24.3. The molecule has 1 amide bonds. The van der Waals surface area contributed by atoms with Gasteiger partial charge in [0.05, 0.1) is 28.1 Å². The van der Waals surface area contributed by atoms with Gasteiger partial charge in [-0.05, 0) is 67.1 Å². The van der Waals surface area contributed by atoms with Gasteiger partial charge in [0.15, 0.2) is 5.16 Å². The van der Waals surface area contributed by atoms with Gasteiger partial charge in [0.1, 0.15) is 0 Å². The minimum atomic E-state index is -3.74. The van der Waals surface area contributed by atoms with E-state index in [-0.39, 0.29) is 22.1 Å². The minimum absolute atomic E-state index is 0.0499. The number of nitrogens with one attached hydrogen (secondary N) is 1. The number of thioether (sulfide) groups is 1. The molecule has 0 spiro atoms. The van der Waals surface area contributed by atoms with Gasteiger partial charge in [0.25, 0.3) is 5.56 Å². The predicted molar refractivity (Wildman–Crippen MR) is 163 cm³/mol. The van der Waals surface area contributed by atoms with Crippen molar-refractivity contribution in [2.75, 3.05) is 30.3 Å². The lowest BCUT2D eigenvalue weighted by Crippen LogP contribution is -2.30. The zero-order chi connectivity index (χ0) is 28.8. The van der Waals surface area contributed by atoms with E-state index in [9.17, 15) is 18.0 Å². The van der Waals surface area contributed by atoms with E-state index < -0.39 is 10.0 Å². The maximum atomic E-state index is 13.8. The molecule has 1 saturated heterocycles. The van der Waals surface area contributed by atoms with Crippen LogP contribution in [0.25, 0.3) is 10.9 Å². The van der Waals surface area contributed by atoms with Crippen LogP contribution in [0.3, 0.4) is 0 Å². The Morgan fingerprint density at radius 2 is 1.68 bits per heavy atom. The monoisotopic (exact) mass is 591 g/mol. The number of fused-ring (bicyclic) bond motifs is 1. The van der Waals surface area contributed by atoms with Crippen LogP contribution in [0, 0.1) is 0 Å². The minimum Gasteiger partial charge on any atom is -0.372 e. The molecule has 1 fully saturated rings. The van der Waals surface area contributed by atoms with Crippen molar-refractivity contribution >= 4 is 44.3 Å². The number of primary sulfonamides is 1. The summed E-state index contributed by atoms with van der Waals surface area (Å²) in [6.07, 6.45) is 4.07. The highest BCUT2D eigenvalue weighted by Gasteiger charge is 2.17. The standard InChI is InChI=1S/C30H33N5O4S2/c31-41(38,39)25-12-9-22(10-13-25)15-16-32-28(36)21-40-30-33-27-14-11-24(34-17-5-2-6-18-34)19-26(27)29(37)35(30)20-23-7-3-1-4-8-23/h1,3-4,7-14,19H,2,5-6,15-18,20-21H2,(H,32,36)(H2,31,38,39). The molecule has 9 nitrogen and oxygen atoms in total. The Morgan fingerprint density at radius 1 is 0.951 bits per heavy atom. The number of sulfonamides is 1. The Balaban J connectivity index is 1.30. The summed E-state index contributed by atoms with van der Waals surface area (Å²) in [7, 11) is -3.74. The summed E-state index contributed by atoms with van der Waals surface area (Å²) in [4.78, 5) is 33.7. The van der Waals surface area contributed by atoms with Crippen LogP contribution in [0.2, 0.25) is 0 Å². The number of benzene rings is 3. The van der Waals surface area contributed by atoms with Crippen molar-refractivity contribution in [3.63, 3.8) is 0 Å². The van der Waals surface area contributed by atoms with E-state index in [1.807, 2.05) is 48.5 Å². The zero-order valence-electron chi connectivity index (χ0n) is 22.7. The smallest absolute Gasteiger partial charge is 0.262 e. The van der Waals surface area contributed by atoms with Crippen LogP contribution >= 0.6 is 11.8 Å². The topological polar surface area (TPSA) is 127 Å². The quantitative estimate of drug-likeness (QED) is 0.213. The molecule has 1 aromatic heterocycles. The van der Waals surface area contributed by atoms with Gasteiger partial charge in [-0.1, -0.05) is 54.2 Å². The molecular weight excluding hydrogens is 558 g/mol. The number of carbonyl (C=O) groups is 1. The Morgan fingerprint density at radius 3 is 2.39 bits per heavy atom. The summed E-state index contributed by atoms with van der Waals surface area (Å²) in [5, 5.41) is 9.10. The number of hydrogen-bond donors (Lipinski definition) is 2. The van der Waals surface area contributed by atoms with Crippen LogP contribution in [0.1, 0.15) is 30.4 Å². The number of aromatic nitrogens is 2. The molecule has 0 saturated carbocycles. The van der Waals surface area contributed by atoms with Gasteiger partial charge in [-0.25, -0.2) is 18.5 Å². The molecule has 0 bridgehead atoms. The van der Waals surface area contributed by atoms with Crippen LogP contribution in [0.4, 0.5) is 5.69 Å². The number of nitrogens with zero attached hydrogens (tertiary/aromatic N) is 3. The molecule has 2 heterocycles. The third-order valence-electron chi connectivity index (χ3n) is 7.13. The second-order valence-corrected chi connectivity index (χ2v) is 12.6. The second-order valence-electron chi connectivity index (χ2n) is 10.1. The summed E-state index contributed by atoms with van der Waals surface area (Å²) < 4.78 is 24.5. The first kappa shape index (κ1) is 28.8. The molecule has 0 radical (unpaired) electrons. The molecular formula is C30H33N5O4S2. The highest BCUT2D eigenvalue weighted by atomic mass is 32.2. The van der Waals surface area contributed by atoms with Crippen molar-refractivity contribution in [1.29, 1.82) is 0 Å². The molecule has 214 valence electrons. The lowest BCUT2D eigenvalue weighted by atomic mass is 10.1. The van der Waals surface area contributed by atoms with Crippen molar-refractivity contribution in [2.45, 2.75) is 42.3 Å². The third-order valence-corrected chi connectivity index (χ3v) is 9.03. The highest BCUT2D eigenvalue weighted by molar-refractivity contribution is 7.99. The number of nitrogens with two attached hydrogens (primary N) is 1. The van der Waals surface area contributed by atoms with Crippen molar-refractivity contribution in [3.05, 3.63) is 94.3 Å². The Labute approximate surface area is 243 Å². The van der Waals surface area contributed by atoms with Crippen LogP contribution in [0.5, 0.6) is 0 Å². The molecule has 3 N–H and O–H groups in total. The Hall–Kier alpha value is -3.67. The van der Waals surface area contributed by atoms with Gasteiger partial charge >= 0.3 is 0 Å². The van der Waals surface area contributed by atoms with Crippen molar-refractivity contribution in [1.82, 2.24) is 14.9 Å². The van der Waals surface area contributed by atoms with Gasteiger partial charge in [-0.3, -0.25) is 14.2 Å². The Bertz CT molecular complexity index is 1680. The number of piperidine rings is 1.